The van der Waals surface area contributed by atoms with Gasteiger partial charge in [-0.15, -0.1) is 22.7 Å². The van der Waals surface area contributed by atoms with E-state index in [9.17, 15) is 0 Å². The number of fused-ring (bicyclic) bond motifs is 1. The first-order valence-electron chi connectivity index (χ1n) is 8.18. The summed E-state index contributed by atoms with van der Waals surface area (Å²) in [5, 5.41) is 9.39. The van der Waals surface area contributed by atoms with Crippen LogP contribution in [-0.4, -0.2) is 4.98 Å². The van der Waals surface area contributed by atoms with Crippen LogP contribution in [-0.2, 0) is 6.42 Å². The number of nitrogens with one attached hydrogen (secondary N) is 1. The Kier molecular flexibility index (Phi) is 4.35. The van der Waals surface area contributed by atoms with Gasteiger partial charge in [0.05, 0.1) is 12.1 Å². The quantitative estimate of drug-likeness (QED) is 0.669. The third-order valence-corrected chi connectivity index (χ3v) is 6.52. The van der Waals surface area contributed by atoms with Gasteiger partial charge in [0.15, 0.2) is 0 Å². The molecule has 3 aromatic rings. The van der Waals surface area contributed by atoms with Crippen LogP contribution >= 0.6 is 22.7 Å². The molecule has 0 bridgehead atoms. The molecule has 122 valence electrons. The van der Waals surface area contributed by atoms with Crippen molar-refractivity contribution in [2.75, 3.05) is 0 Å². The highest BCUT2D eigenvalue weighted by molar-refractivity contribution is 7.10. The zero-order valence-corrected chi connectivity index (χ0v) is 15.5. The third kappa shape index (κ3) is 3.09. The second-order valence-corrected chi connectivity index (χ2v) is 8.13. The molecule has 0 radical (unpaired) electrons. The van der Waals surface area contributed by atoms with Crippen LogP contribution in [0, 0.1) is 6.92 Å². The standard InChI is InChI=1S/C20H20N2S2/c1-13(10-15-6-4-3-5-7-15)18-19-16(8-9-23-19)11-17(22-18)20-21-14(2)12-24-20/h3-10,12,17-18,22H,11H2,1-2H3/t17-,18-/m1/s1. The SMILES string of the molecule is CC(=Cc1ccccc1)[C@H]1N[C@@H](c2nc(C)cs2)Cc2ccsc21. The summed E-state index contributed by atoms with van der Waals surface area (Å²) in [5.41, 5.74) is 5.17. The normalized spacial score (nSPS) is 20.8. The largest absolute Gasteiger partial charge is 0.296 e. The smallest absolute Gasteiger partial charge is 0.110 e. The molecule has 0 spiro atoms. The van der Waals surface area contributed by atoms with Crippen molar-refractivity contribution in [3.05, 3.63) is 79.4 Å². The summed E-state index contributed by atoms with van der Waals surface area (Å²) in [6, 6.07) is 13.4. The first-order chi connectivity index (χ1) is 11.7. The van der Waals surface area contributed by atoms with Crippen LogP contribution < -0.4 is 5.32 Å². The van der Waals surface area contributed by atoms with Crippen molar-refractivity contribution in [2.45, 2.75) is 32.4 Å². The van der Waals surface area contributed by atoms with Gasteiger partial charge in [-0.1, -0.05) is 42.0 Å². The zero-order valence-electron chi connectivity index (χ0n) is 13.8. The van der Waals surface area contributed by atoms with Crippen molar-refractivity contribution < 1.29 is 0 Å². The van der Waals surface area contributed by atoms with Crippen molar-refractivity contribution in [3.63, 3.8) is 0 Å². The molecule has 0 aliphatic carbocycles. The first-order valence-corrected chi connectivity index (χ1v) is 9.94. The Hall–Kier alpha value is -1.75. The fraction of sp³-hybridized carbons (Fsp3) is 0.250. The molecular formula is C20H20N2S2. The topological polar surface area (TPSA) is 24.9 Å². The lowest BCUT2D eigenvalue weighted by molar-refractivity contribution is 0.452. The second-order valence-electron chi connectivity index (χ2n) is 6.29. The van der Waals surface area contributed by atoms with Crippen LogP contribution in [0.5, 0.6) is 0 Å². The Labute approximate surface area is 150 Å². The molecule has 2 atom stereocenters. The number of nitrogens with zero attached hydrogens (tertiary/aromatic N) is 1. The van der Waals surface area contributed by atoms with Crippen molar-refractivity contribution in [1.29, 1.82) is 0 Å². The minimum Gasteiger partial charge on any atom is -0.296 e. The van der Waals surface area contributed by atoms with E-state index >= 15 is 0 Å². The van der Waals surface area contributed by atoms with Gasteiger partial charge in [-0.05, 0) is 42.8 Å². The highest BCUT2D eigenvalue weighted by Crippen LogP contribution is 2.39. The average Bonchev–Trinajstić information content (AvgIpc) is 3.23. The molecule has 1 aliphatic rings. The molecule has 24 heavy (non-hydrogen) atoms. The lowest BCUT2D eigenvalue weighted by Gasteiger charge is -2.31. The third-order valence-electron chi connectivity index (χ3n) is 4.42. The number of hydrogen-bond donors (Lipinski definition) is 1. The van der Waals surface area contributed by atoms with E-state index in [1.165, 1.54) is 26.6 Å². The van der Waals surface area contributed by atoms with Gasteiger partial charge >= 0.3 is 0 Å². The van der Waals surface area contributed by atoms with Gasteiger partial charge in [-0.3, -0.25) is 5.32 Å². The van der Waals surface area contributed by atoms with Crippen LogP contribution in [0.25, 0.3) is 6.08 Å². The summed E-state index contributed by atoms with van der Waals surface area (Å²) >= 11 is 3.62. The lowest BCUT2D eigenvalue weighted by Crippen LogP contribution is -2.33. The van der Waals surface area contributed by atoms with Crippen LogP contribution in [0.3, 0.4) is 0 Å². The van der Waals surface area contributed by atoms with Crippen LogP contribution in [0.15, 0.2) is 52.7 Å². The molecule has 3 heterocycles. The molecule has 4 rings (SSSR count). The Morgan fingerprint density at radius 2 is 2.04 bits per heavy atom. The van der Waals surface area contributed by atoms with Gasteiger partial charge in [0.1, 0.15) is 5.01 Å². The summed E-state index contributed by atoms with van der Waals surface area (Å²) in [7, 11) is 0. The predicted molar refractivity (Wildman–Crippen MR) is 104 cm³/mol. The number of thiophene rings is 1. The Morgan fingerprint density at radius 3 is 2.79 bits per heavy atom. The van der Waals surface area contributed by atoms with E-state index in [2.05, 4.69) is 72.4 Å². The van der Waals surface area contributed by atoms with Crippen molar-refractivity contribution in [1.82, 2.24) is 10.3 Å². The van der Waals surface area contributed by atoms with Crippen LogP contribution in [0.4, 0.5) is 0 Å². The van der Waals surface area contributed by atoms with Crippen molar-refractivity contribution in [2.24, 2.45) is 0 Å². The van der Waals surface area contributed by atoms with Gasteiger partial charge in [0.2, 0.25) is 0 Å². The summed E-state index contributed by atoms with van der Waals surface area (Å²) < 4.78 is 0. The number of hydrogen-bond acceptors (Lipinski definition) is 4. The number of aryl methyl sites for hydroxylation is 1. The minimum atomic E-state index is 0.267. The minimum absolute atomic E-state index is 0.267. The van der Waals surface area contributed by atoms with E-state index in [1.807, 2.05) is 11.3 Å². The molecule has 1 N–H and O–H groups in total. The molecule has 0 saturated heterocycles. The van der Waals surface area contributed by atoms with E-state index in [0.29, 0.717) is 6.04 Å². The van der Waals surface area contributed by atoms with E-state index in [4.69, 9.17) is 4.98 Å². The van der Waals surface area contributed by atoms with Crippen molar-refractivity contribution in [3.8, 4) is 0 Å². The summed E-state index contributed by atoms with van der Waals surface area (Å²) in [6.45, 7) is 4.29. The predicted octanol–water partition coefficient (Wildman–Crippen LogP) is 5.54. The average molecular weight is 353 g/mol. The number of aromatic nitrogens is 1. The molecule has 0 unspecified atom stereocenters. The maximum Gasteiger partial charge on any atom is 0.110 e. The molecule has 0 fully saturated rings. The van der Waals surface area contributed by atoms with Crippen LogP contribution in [0.1, 0.15) is 45.7 Å². The Balaban J connectivity index is 1.68. The summed E-state index contributed by atoms with van der Waals surface area (Å²) in [4.78, 5) is 6.16. The monoisotopic (exact) mass is 352 g/mol. The second kappa shape index (κ2) is 6.63. The fourth-order valence-electron chi connectivity index (χ4n) is 3.25. The zero-order chi connectivity index (χ0) is 16.5. The molecule has 4 heteroatoms. The molecular weight excluding hydrogens is 332 g/mol. The highest BCUT2D eigenvalue weighted by Gasteiger charge is 2.30. The molecule has 1 aromatic carbocycles. The van der Waals surface area contributed by atoms with Gasteiger partial charge in [0.25, 0.3) is 0 Å². The van der Waals surface area contributed by atoms with E-state index in [0.717, 1.165) is 12.1 Å². The van der Waals surface area contributed by atoms with Gasteiger partial charge in [-0.25, -0.2) is 4.98 Å². The number of benzene rings is 1. The Bertz CT molecular complexity index is 861. The summed E-state index contributed by atoms with van der Waals surface area (Å²) in [6.07, 6.45) is 3.32. The molecule has 0 amide bonds. The van der Waals surface area contributed by atoms with E-state index in [-0.39, 0.29) is 6.04 Å². The van der Waals surface area contributed by atoms with E-state index in [1.54, 1.807) is 11.3 Å². The fourth-order valence-corrected chi connectivity index (χ4v) is 5.18. The van der Waals surface area contributed by atoms with Gasteiger partial charge in [-0.2, -0.15) is 0 Å². The van der Waals surface area contributed by atoms with Crippen LogP contribution in [0.2, 0.25) is 0 Å². The summed E-state index contributed by atoms with van der Waals surface area (Å²) in [5.74, 6) is 0. The maximum absolute atomic E-state index is 4.71. The van der Waals surface area contributed by atoms with Gasteiger partial charge in [0, 0.05) is 16.0 Å². The maximum atomic E-state index is 4.71. The number of rotatable bonds is 3. The van der Waals surface area contributed by atoms with Gasteiger partial charge < -0.3 is 0 Å². The lowest BCUT2D eigenvalue weighted by atomic mass is 9.93. The molecule has 1 aliphatic heterocycles. The van der Waals surface area contributed by atoms with Crippen molar-refractivity contribution >= 4 is 28.7 Å². The molecule has 2 aromatic heterocycles. The molecule has 2 nitrogen and oxygen atoms in total. The Morgan fingerprint density at radius 1 is 1.21 bits per heavy atom. The first kappa shape index (κ1) is 15.8. The molecule has 0 saturated carbocycles. The van der Waals surface area contributed by atoms with E-state index < -0.39 is 0 Å². The highest BCUT2D eigenvalue weighted by atomic mass is 32.1. The number of thiazole rings is 1.